The lowest BCUT2D eigenvalue weighted by atomic mass is 9.85. The first kappa shape index (κ1) is 15.4. The predicted molar refractivity (Wildman–Crippen MR) is 95.2 cm³/mol. The number of imide groups is 1. The minimum atomic E-state index is -0.203. The summed E-state index contributed by atoms with van der Waals surface area (Å²) in [6, 6.07) is 9.40. The summed E-state index contributed by atoms with van der Waals surface area (Å²) in [5.41, 5.74) is 1.47. The minimum absolute atomic E-state index is 0.0629. The van der Waals surface area contributed by atoms with Gasteiger partial charge in [-0.05, 0) is 25.0 Å². The van der Waals surface area contributed by atoms with Crippen molar-refractivity contribution in [3.05, 3.63) is 48.2 Å². The quantitative estimate of drug-likeness (QED) is 0.665. The molecule has 1 aliphatic carbocycles. The van der Waals surface area contributed by atoms with Crippen LogP contribution in [0.5, 0.6) is 0 Å². The molecule has 1 aromatic heterocycles. The Labute approximate surface area is 150 Å². The molecule has 6 heteroatoms. The van der Waals surface area contributed by atoms with Crippen molar-refractivity contribution in [1.29, 1.82) is 0 Å². The summed E-state index contributed by atoms with van der Waals surface area (Å²) in [5.74, 6) is -0.619. The molecule has 0 saturated carbocycles. The Morgan fingerprint density at radius 3 is 2.31 bits per heavy atom. The van der Waals surface area contributed by atoms with Crippen LogP contribution < -0.4 is 0 Å². The molecule has 2 fully saturated rings. The van der Waals surface area contributed by atoms with Crippen LogP contribution in [0.2, 0.25) is 0 Å². The molecular weight excluding hydrogens is 330 g/mol. The molecule has 2 aliphatic heterocycles. The van der Waals surface area contributed by atoms with E-state index in [9.17, 15) is 14.4 Å². The number of nitrogens with one attached hydrogen (secondary N) is 1. The fourth-order valence-corrected chi connectivity index (χ4v) is 4.33. The van der Waals surface area contributed by atoms with E-state index in [1.807, 2.05) is 42.5 Å². The van der Waals surface area contributed by atoms with Crippen LogP contribution in [0.25, 0.3) is 10.9 Å². The fraction of sp³-hybridized carbons (Fsp3) is 0.350. The molecule has 132 valence electrons. The van der Waals surface area contributed by atoms with Crippen molar-refractivity contribution in [2.45, 2.75) is 18.9 Å². The number of carbonyl (C=O) groups excluding carboxylic acids is 3. The Morgan fingerprint density at radius 1 is 1.00 bits per heavy atom. The number of likely N-dealkylation sites (tertiary alicyclic amines) is 2. The highest BCUT2D eigenvalue weighted by molar-refractivity contribution is 6.06. The van der Waals surface area contributed by atoms with Crippen molar-refractivity contribution >= 4 is 28.6 Å². The SMILES string of the molecule is O=C(c1cc2ccccc2[nH]1)N1CC(N2C(=O)[C@H]3CC=CC[C@@H]3C2=O)C1. The maximum Gasteiger partial charge on any atom is 0.270 e. The summed E-state index contributed by atoms with van der Waals surface area (Å²) < 4.78 is 0. The highest BCUT2D eigenvalue weighted by Crippen LogP contribution is 2.37. The number of para-hydroxylation sites is 1. The van der Waals surface area contributed by atoms with E-state index >= 15 is 0 Å². The Balaban J connectivity index is 1.29. The minimum Gasteiger partial charge on any atom is -0.351 e. The van der Waals surface area contributed by atoms with Gasteiger partial charge in [-0.3, -0.25) is 19.3 Å². The first-order valence-electron chi connectivity index (χ1n) is 9.02. The number of fused-ring (bicyclic) bond motifs is 2. The zero-order valence-corrected chi connectivity index (χ0v) is 14.2. The molecule has 0 unspecified atom stereocenters. The van der Waals surface area contributed by atoms with Crippen molar-refractivity contribution in [3.8, 4) is 0 Å². The van der Waals surface area contributed by atoms with E-state index in [0.717, 1.165) is 10.9 Å². The van der Waals surface area contributed by atoms with E-state index in [-0.39, 0.29) is 35.6 Å². The number of benzene rings is 1. The van der Waals surface area contributed by atoms with Crippen LogP contribution in [0.4, 0.5) is 0 Å². The number of rotatable bonds is 2. The predicted octanol–water partition coefficient (Wildman–Crippen LogP) is 1.94. The van der Waals surface area contributed by atoms with Gasteiger partial charge >= 0.3 is 0 Å². The van der Waals surface area contributed by atoms with Crippen LogP contribution >= 0.6 is 0 Å². The van der Waals surface area contributed by atoms with Crippen molar-refractivity contribution in [1.82, 2.24) is 14.8 Å². The highest BCUT2D eigenvalue weighted by atomic mass is 16.2. The second-order valence-corrected chi connectivity index (χ2v) is 7.34. The normalized spacial score (nSPS) is 25.7. The van der Waals surface area contributed by atoms with Crippen molar-refractivity contribution in [2.24, 2.45) is 11.8 Å². The Morgan fingerprint density at radius 2 is 1.65 bits per heavy atom. The van der Waals surface area contributed by atoms with Gasteiger partial charge in [0.05, 0.1) is 17.9 Å². The summed E-state index contributed by atoms with van der Waals surface area (Å²) in [4.78, 5) is 44.1. The Bertz CT molecular complexity index is 895. The molecule has 1 N–H and O–H groups in total. The third-order valence-corrected chi connectivity index (χ3v) is 5.82. The van der Waals surface area contributed by atoms with Gasteiger partial charge in [-0.15, -0.1) is 0 Å². The topological polar surface area (TPSA) is 73.5 Å². The van der Waals surface area contributed by atoms with Gasteiger partial charge < -0.3 is 9.88 Å². The Kier molecular flexibility index (Phi) is 3.29. The van der Waals surface area contributed by atoms with Crippen molar-refractivity contribution in [3.63, 3.8) is 0 Å². The van der Waals surface area contributed by atoms with Gasteiger partial charge in [0.25, 0.3) is 5.91 Å². The average molecular weight is 349 g/mol. The fourth-order valence-electron chi connectivity index (χ4n) is 4.33. The smallest absolute Gasteiger partial charge is 0.270 e. The second kappa shape index (κ2) is 5.56. The number of H-pyrrole nitrogens is 1. The maximum absolute atomic E-state index is 12.7. The summed E-state index contributed by atoms with van der Waals surface area (Å²) in [6.07, 6.45) is 5.27. The number of aromatic nitrogens is 1. The van der Waals surface area contributed by atoms with E-state index in [1.165, 1.54) is 4.90 Å². The number of allylic oxidation sites excluding steroid dienone is 2. The van der Waals surface area contributed by atoms with E-state index in [2.05, 4.69) is 4.98 Å². The molecule has 26 heavy (non-hydrogen) atoms. The molecule has 2 saturated heterocycles. The van der Waals surface area contributed by atoms with Gasteiger partial charge in [-0.2, -0.15) is 0 Å². The molecule has 1 aromatic carbocycles. The van der Waals surface area contributed by atoms with E-state index in [1.54, 1.807) is 4.90 Å². The number of hydrogen-bond acceptors (Lipinski definition) is 3. The lowest BCUT2D eigenvalue weighted by Gasteiger charge is -2.43. The van der Waals surface area contributed by atoms with E-state index in [4.69, 9.17) is 0 Å². The molecule has 0 bridgehead atoms. The summed E-state index contributed by atoms with van der Waals surface area (Å²) >= 11 is 0. The lowest BCUT2D eigenvalue weighted by Crippen LogP contribution is -2.62. The number of nitrogens with zero attached hydrogens (tertiary/aromatic N) is 2. The standard InChI is InChI=1S/C20H19N3O3/c24-18-14-6-2-3-7-15(14)19(25)23(18)13-10-22(11-13)20(26)17-9-12-5-1-4-8-16(12)21-17/h1-5,8-9,13-15,21H,6-7,10-11H2/t14-,15-/m0/s1. The zero-order valence-electron chi connectivity index (χ0n) is 14.2. The van der Waals surface area contributed by atoms with E-state index < -0.39 is 0 Å². The third-order valence-electron chi connectivity index (χ3n) is 5.82. The molecular formula is C20H19N3O3. The second-order valence-electron chi connectivity index (χ2n) is 7.34. The van der Waals surface area contributed by atoms with Crippen LogP contribution in [0.1, 0.15) is 23.3 Å². The monoisotopic (exact) mass is 349 g/mol. The summed E-state index contributed by atoms with van der Waals surface area (Å²) in [5, 5.41) is 0.995. The first-order valence-corrected chi connectivity index (χ1v) is 9.02. The number of aromatic amines is 1. The molecule has 0 radical (unpaired) electrons. The number of amides is 3. The molecule has 3 heterocycles. The summed E-state index contributed by atoms with van der Waals surface area (Å²) in [7, 11) is 0. The van der Waals surface area contributed by atoms with Gasteiger partial charge in [-0.1, -0.05) is 30.4 Å². The largest absolute Gasteiger partial charge is 0.351 e. The zero-order chi connectivity index (χ0) is 17.8. The third kappa shape index (κ3) is 2.14. The van der Waals surface area contributed by atoms with Crippen LogP contribution in [-0.2, 0) is 9.59 Å². The van der Waals surface area contributed by atoms with Gasteiger partial charge in [0.15, 0.2) is 0 Å². The molecule has 3 amide bonds. The van der Waals surface area contributed by atoms with E-state index in [0.29, 0.717) is 31.6 Å². The molecule has 2 aromatic rings. The Hall–Kier alpha value is -2.89. The molecule has 5 rings (SSSR count). The number of carbonyl (C=O) groups is 3. The molecule has 6 nitrogen and oxygen atoms in total. The van der Waals surface area contributed by atoms with Crippen molar-refractivity contribution < 1.29 is 14.4 Å². The van der Waals surface area contributed by atoms with Gasteiger partial charge in [-0.25, -0.2) is 0 Å². The molecule has 2 atom stereocenters. The van der Waals surface area contributed by atoms with Crippen LogP contribution in [0, 0.1) is 11.8 Å². The highest BCUT2D eigenvalue weighted by Gasteiger charge is 2.52. The number of hydrogen-bond donors (Lipinski definition) is 1. The maximum atomic E-state index is 12.7. The van der Waals surface area contributed by atoms with Gasteiger partial charge in [0.1, 0.15) is 5.69 Å². The molecule has 0 spiro atoms. The first-order chi connectivity index (χ1) is 12.6. The van der Waals surface area contributed by atoms with Crippen molar-refractivity contribution in [2.75, 3.05) is 13.1 Å². The summed E-state index contributed by atoms with van der Waals surface area (Å²) in [6.45, 7) is 0.830. The van der Waals surface area contributed by atoms with Crippen LogP contribution in [0.3, 0.4) is 0 Å². The molecule has 3 aliphatic rings. The van der Waals surface area contributed by atoms with Crippen LogP contribution in [0.15, 0.2) is 42.5 Å². The van der Waals surface area contributed by atoms with Crippen LogP contribution in [-0.4, -0.2) is 51.6 Å². The lowest BCUT2D eigenvalue weighted by molar-refractivity contribution is -0.145. The van der Waals surface area contributed by atoms with Gasteiger partial charge in [0, 0.05) is 24.0 Å². The van der Waals surface area contributed by atoms with Gasteiger partial charge in [0.2, 0.25) is 11.8 Å². The average Bonchev–Trinajstić information content (AvgIpc) is 3.16.